The Labute approximate surface area is 93.7 Å². The van der Waals surface area contributed by atoms with Crippen molar-refractivity contribution in [1.82, 2.24) is 8.43 Å². The fourth-order valence-electron chi connectivity index (χ4n) is 1.27. The molecule has 0 aromatic heterocycles. The van der Waals surface area contributed by atoms with Crippen molar-refractivity contribution in [2.45, 2.75) is 25.4 Å². The lowest BCUT2D eigenvalue weighted by Crippen LogP contribution is -2.34. The van der Waals surface area contributed by atoms with Crippen LogP contribution < -0.4 is 5.32 Å². The van der Waals surface area contributed by atoms with Crippen molar-refractivity contribution in [3.05, 3.63) is 11.5 Å². The molecule has 0 amide bonds. The van der Waals surface area contributed by atoms with E-state index < -0.39 is 0 Å². The van der Waals surface area contributed by atoms with Gasteiger partial charge >= 0.3 is 0 Å². The number of hydrogen-bond donors (Lipinski definition) is 2. The summed E-state index contributed by atoms with van der Waals surface area (Å²) in [4.78, 5) is 0.953. The molecule has 70 valence electrons. The molecular weight excluding hydrogens is 283 g/mol. The molecule has 0 saturated carbocycles. The fourth-order valence-corrected chi connectivity index (χ4v) is 1.97. The maximum Gasteiger partial charge on any atom is 0.0384 e. The van der Waals surface area contributed by atoms with Gasteiger partial charge in [0, 0.05) is 48.0 Å². The zero-order valence-electron chi connectivity index (χ0n) is 7.26. The van der Waals surface area contributed by atoms with Crippen molar-refractivity contribution in [2.24, 2.45) is 0 Å². The normalized spacial score (nSPS) is 32.9. The van der Waals surface area contributed by atoms with Crippen molar-refractivity contribution in [2.75, 3.05) is 13.1 Å². The van der Waals surface area contributed by atoms with Crippen LogP contribution in [0.1, 0.15) is 13.3 Å². The zero-order valence-corrected chi connectivity index (χ0v) is 10.3. The van der Waals surface area contributed by atoms with Gasteiger partial charge in [-0.3, -0.25) is 0 Å². The maximum atomic E-state index is 4.27. The van der Waals surface area contributed by atoms with Gasteiger partial charge in [0.05, 0.1) is 0 Å². The Balaban J connectivity index is 2.49. The first-order chi connectivity index (χ1) is 5.61. The number of hydrogen-bond acceptors (Lipinski definition) is 3. The maximum absolute atomic E-state index is 4.27. The summed E-state index contributed by atoms with van der Waals surface area (Å²) < 4.78 is 2.33. The SMILES string of the molecule is C=C(S)C1CCN(I)[C@@H](C)CN1. The number of thiol groups is 1. The number of nitrogens with zero attached hydrogens (tertiary/aromatic N) is 1. The van der Waals surface area contributed by atoms with Gasteiger partial charge in [-0.15, -0.1) is 12.6 Å². The monoisotopic (exact) mass is 298 g/mol. The Bertz CT molecular complexity index is 162. The molecule has 1 saturated heterocycles. The second kappa shape index (κ2) is 4.83. The van der Waals surface area contributed by atoms with E-state index in [1.807, 2.05) is 0 Å². The third kappa shape index (κ3) is 2.90. The highest BCUT2D eigenvalue weighted by Gasteiger charge is 2.20. The Kier molecular flexibility index (Phi) is 4.36. The third-order valence-corrected chi connectivity index (χ3v) is 3.92. The largest absolute Gasteiger partial charge is 0.308 e. The molecule has 12 heavy (non-hydrogen) atoms. The van der Waals surface area contributed by atoms with Gasteiger partial charge in [-0.05, 0) is 18.2 Å². The molecule has 1 aliphatic heterocycles. The summed E-state index contributed by atoms with van der Waals surface area (Å²) in [7, 11) is 0. The van der Waals surface area contributed by atoms with E-state index in [9.17, 15) is 0 Å². The second-order valence-corrected chi connectivity index (χ2v) is 5.03. The smallest absolute Gasteiger partial charge is 0.0384 e. The summed E-state index contributed by atoms with van der Waals surface area (Å²) in [5.41, 5.74) is 0. The van der Waals surface area contributed by atoms with Crippen LogP contribution in [0.5, 0.6) is 0 Å². The summed E-state index contributed by atoms with van der Waals surface area (Å²) in [6, 6.07) is 0.985. The summed E-state index contributed by atoms with van der Waals surface area (Å²) in [5, 5.41) is 3.44. The van der Waals surface area contributed by atoms with Crippen molar-refractivity contribution < 1.29 is 0 Å². The van der Waals surface area contributed by atoms with E-state index in [-0.39, 0.29) is 0 Å². The number of rotatable bonds is 1. The molecule has 2 nitrogen and oxygen atoms in total. The molecule has 0 aliphatic carbocycles. The molecule has 1 N–H and O–H groups in total. The zero-order chi connectivity index (χ0) is 9.14. The van der Waals surface area contributed by atoms with Crippen molar-refractivity contribution >= 4 is 35.5 Å². The predicted octanol–water partition coefficient (Wildman–Crippen LogP) is 1.83. The van der Waals surface area contributed by atoms with Gasteiger partial charge in [-0.2, -0.15) is 0 Å². The van der Waals surface area contributed by atoms with Gasteiger partial charge in [0.25, 0.3) is 0 Å². The Hall–Kier alpha value is 0.740. The molecule has 0 aromatic carbocycles. The van der Waals surface area contributed by atoms with E-state index in [0.29, 0.717) is 12.1 Å². The fraction of sp³-hybridized carbons (Fsp3) is 0.750. The van der Waals surface area contributed by atoms with Crippen LogP contribution in [-0.4, -0.2) is 28.3 Å². The lowest BCUT2D eigenvalue weighted by molar-refractivity contribution is 0.427. The van der Waals surface area contributed by atoms with Gasteiger partial charge < -0.3 is 5.32 Å². The van der Waals surface area contributed by atoms with Gasteiger partial charge in [0.1, 0.15) is 0 Å². The van der Waals surface area contributed by atoms with Crippen LogP contribution in [0.15, 0.2) is 11.5 Å². The molecule has 0 aromatic rings. The number of nitrogens with one attached hydrogen (secondary N) is 1. The van der Waals surface area contributed by atoms with Crippen LogP contribution in [-0.2, 0) is 0 Å². The molecule has 1 rings (SSSR count). The van der Waals surface area contributed by atoms with Crippen LogP contribution in [0.4, 0.5) is 0 Å². The van der Waals surface area contributed by atoms with E-state index in [1.165, 1.54) is 0 Å². The molecule has 0 spiro atoms. The highest BCUT2D eigenvalue weighted by Crippen LogP contribution is 2.16. The molecule has 0 bridgehead atoms. The van der Waals surface area contributed by atoms with Gasteiger partial charge in [0.15, 0.2) is 0 Å². The molecular formula is C8H15IN2S. The molecule has 0 radical (unpaired) electrons. The van der Waals surface area contributed by atoms with Crippen LogP contribution in [0.3, 0.4) is 0 Å². The Morgan fingerprint density at radius 1 is 1.75 bits per heavy atom. The quantitative estimate of drug-likeness (QED) is 0.436. The van der Waals surface area contributed by atoms with Crippen molar-refractivity contribution in [1.29, 1.82) is 0 Å². The average Bonchev–Trinajstić information content (AvgIpc) is 2.16. The van der Waals surface area contributed by atoms with E-state index in [4.69, 9.17) is 0 Å². The molecule has 1 fully saturated rings. The average molecular weight is 298 g/mol. The van der Waals surface area contributed by atoms with Crippen LogP contribution in [0.2, 0.25) is 0 Å². The van der Waals surface area contributed by atoms with E-state index in [0.717, 1.165) is 24.4 Å². The first-order valence-corrected chi connectivity index (χ1v) is 5.56. The first-order valence-electron chi connectivity index (χ1n) is 4.15. The lowest BCUT2D eigenvalue weighted by Gasteiger charge is -2.17. The molecule has 4 heteroatoms. The highest BCUT2D eigenvalue weighted by molar-refractivity contribution is 14.1. The Morgan fingerprint density at radius 3 is 3.00 bits per heavy atom. The summed E-state index contributed by atoms with van der Waals surface area (Å²) in [5.74, 6) is 0. The third-order valence-electron chi connectivity index (χ3n) is 2.17. The highest BCUT2D eigenvalue weighted by atomic mass is 127. The van der Waals surface area contributed by atoms with Gasteiger partial charge in [0.2, 0.25) is 0 Å². The number of halogens is 1. The first kappa shape index (κ1) is 10.8. The van der Waals surface area contributed by atoms with Gasteiger partial charge in [-0.1, -0.05) is 6.58 Å². The summed E-state index contributed by atoms with van der Waals surface area (Å²) >= 11 is 6.65. The van der Waals surface area contributed by atoms with Crippen molar-refractivity contribution in [3.63, 3.8) is 0 Å². The van der Waals surface area contributed by atoms with Crippen molar-refractivity contribution in [3.8, 4) is 0 Å². The molecule has 1 heterocycles. The summed E-state index contributed by atoms with van der Waals surface area (Å²) in [6.45, 7) is 8.21. The standard InChI is InChI=1S/C8H15IN2S/c1-6-5-10-8(7(2)12)3-4-11(6)9/h6,8,10,12H,2-5H2,1H3/t6-,8?/m0/s1. The minimum absolute atomic E-state index is 0.385. The summed E-state index contributed by atoms with van der Waals surface area (Å²) in [6.07, 6.45) is 1.11. The predicted molar refractivity (Wildman–Crippen MR) is 64.7 cm³/mol. The van der Waals surface area contributed by atoms with Crippen LogP contribution >= 0.6 is 35.5 Å². The second-order valence-electron chi connectivity index (χ2n) is 3.21. The minimum atomic E-state index is 0.385. The topological polar surface area (TPSA) is 15.3 Å². The lowest BCUT2D eigenvalue weighted by atomic mass is 10.2. The van der Waals surface area contributed by atoms with E-state index in [1.54, 1.807) is 0 Å². The van der Waals surface area contributed by atoms with E-state index in [2.05, 4.69) is 57.4 Å². The van der Waals surface area contributed by atoms with Gasteiger partial charge in [-0.25, -0.2) is 3.11 Å². The van der Waals surface area contributed by atoms with Crippen LogP contribution in [0.25, 0.3) is 0 Å². The molecule has 2 atom stereocenters. The minimum Gasteiger partial charge on any atom is -0.308 e. The Morgan fingerprint density at radius 2 is 2.42 bits per heavy atom. The van der Waals surface area contributed by atoms with E-state index >= 15 is 0 Å². The molecule has 1 unspecified atom stereocenters. The van der Waals surface area contributed by atoms with Crippen LogP contribution in [0, 0.1) is 0 Å². The molecule has 1 aliphatic rings.